The summed E-state index contributed by atoms with van der Waals surface area (Å²) in [5.74, 6) is 1.66. The van der Waals surface area contributed by atoms with Crippen molar-refractivity contribution in [3.63, 3.8) is 0 Å². The number of hydrogen-bond acceptors (Lipinski definition) is 4. The molecule has 1 aliphatic carbocycles. The van der Waals surface area contributed by atoms with Crippen LogP contribution in [0.25, 0.3) is 11.0 Å². The molecule has 1 aromatic carbocycles. The van der Waals surface area contributed by atoms with E-state index in [2.05, 4.69) is 33.9 Å². The summed E-state index contributed by atoms with van der Waals surface area (Å²) in [6.07, 6.45) is 7.51. The molecule has 2 aromatic rings. The molecule has 2 heterocycles. The molecule has 4 heteroatoms. The van der Waals surface area contributed by atoms with Crippen molar-refractivity contribution < 1.29 is 0 Å². The molecule has 1 saturated carbocycles. The molecule has 2 N–H and O–H groups in total. The van der Waals surface area contributed by atoms with Gasteiger partial charge in [0.15, 0.2) is 0 Å². The number of fused-ring (bicyclic) bond motifs is 1. The Hall–Kier alpha value is -1.68. The van der Waals surface area contributed by atoms with Gasteiger partial charge >= 0.3 is 0 Å². The van der Waals surface area contributed by atoms with E-state index in [1.807, 2.05) is 0 Å². The van der Waals surface area contributed by atoms with Crippen molar-refractivity contribution in [2.24, 2.45) is 17.6 Å². The minimum atomic E-state index is 0.275. The Bertz CT molecular complexity index is 665. The van der Waals surface area contributed by atoms with Gasteiger partial charge in [0, 0.05) is 31.5 Å². The van der Waals surface area contributed by atoms with Gasteiger partial charge in [-0.05, 0) is 49.7 Å². The van der Waals surface area contributed by atoms with Gasteiger partial charge in [0.05, 0.1) is 11.2 Å². The monoisotopic (exact) mass is 282 g/mol. The van der Waals surface area contributed by atoms with Gasteiger partial charge in [-0.3, -0.25) is 9.97 Å². The number of piperidine rings is 1. The molecule has 1 saturated heterocycles. The number of aromatic nitrogens is 2. The maximum atomic E-state index is 6.31. The van der Waals surface area contributed by atoms with E-state index in [9.17, 15) is 0 Å². The summed E-state index contributed by atoms with van der Waals surface area (Å²) in [6, 6.07) is 4.62. The summed E-state index contributed by atoms with van der Waals surface area (Å²) in [5.41, 5.74) is 10.7. The highest BCUT2D eigenvalue weighted by Gasteiger charge is 2.36. The molecule has 2 atom stereocenters. The average molecular weight is 282 g/mol. The molecule has 0 spiro atoms. The predicted molar refractivity (Wildman–Crippen MR) is 85.3 cm³/mol. The SMILES string of the molecule is Cc1ccc(N2CC(N)CC(C3CC3)C2)c2nccnc12. The number of hydrogen-bond donors (Lipinski definition) is 1. The summed E-state index contributed by atoms with van der Waals surface area (Å²) in [5, 5.41) is 0. The van der Waals surface area contributed by atoms with E-state index in [0.717, 1.165) is 36.0 Å². The van der Waals surface area contributed by atoms with Crippen molar-refractivity contribution in [2.75, 3.05) is 18.0 Å². The van der Waals surface area contributed by atoms with Crippen LogP contribution in [0.3, 0.4) is 0 Å². The van der Waals surface area contributed by atoms with E-state index < -0.39 is 0 Å². The van der Waals surface area contributed by atoms with Crippen molar-refractivity contribution in [3.8, 4) is 0 Å². The lowest BCUT2D eigenvalue weighted by atomic mass is 9.90. The second-order valence-electron chi connectivity index (χ2n) is 6.65. The van der Waals surface area contributed by atoms with Gasteiger partial charge in [-0.25, -0.2) is 0 Å². The number of rotatable bonds is 2. The Morgan fingerprint density at radius 1 is 1.05 bits per heavy atom. The summed E-state index contributed by atoms with van der Waals surface area (Å²) < 4.78 is 0. The molecule has 2 aliphatic rings. The summed E-state index contributed by atoms with van der Waals surface area (Å²) >= 11 is 0. The third kappa shape index (κ3) is 2.38. The third-order valence-electron chi connectivity index (χ3n) is 4.95. The van der Waals surface area contributed by atoms with Crippen LogP contribution in [0, 0.1) is 18.8 Å². The van der Waals surface area contributed by atoms with Gasteiger partial charge in [0.2, 0.25) is 0 Å². The van der Waals surface area contributed by atoms with Crippen molar-refractivity contribution in [1.29, 1.82) is 0 Å². The van der Waals surface area contributed by atoms with Crippen LogP contribution in [0.15, 0.2) is 24.5 Å². The zero-order valence-electron chi connectivity index (χ0n) is 12.5. The van der Waals surface area contributed by atoms with Crippen molar-refractivity contribution in [1.82, 2.24) is 9.97 Å². The van der Waals surface area contributed by atoms with Crippen LogP contribution in [0.4, 0.5) is 5.69 Å². The van der Waals surface area contributed by atoms with E-state index in [-0.39, 0.29) is 6.04 Å². The van der Waals surface area contributed by atoms with E-state index in [0.29, 0.717) is 0 Å². The molecule has 0 radical (unpaired) electrons. The van der Waals surface area contributed by atoms with Crippen molar-refractivity contribution in [2.45, 2.75) is 32.2 Å². The van der Waals surface area contributed by atoms with Gasteiger partial charge in [0.25, 0.3) is 0 Å². The van der Waals surface area contributed by atoms with E-state index in [1.165, 1.54) is 30.5 Å². The number of anilines is 1. The standard InChI is InChI=1S/C17H22N4/c1-11-2-5-15(17-16(11)19-6-7-20-17)21-9-13(12-3-4-12)8-14(18)10-21/h2,5-7,12-14H,3-4,8-10,18H2,1H3. The Labute approximate surface area is 125 Å². The van der Waals surface area contributed by atoms with Gasteiger partial charge in [-0.2, -0.15) is 0 Å². The largest absolute Gasteiger partial charge is 0.368 e. The first-order valence-corrected chi connectivity index (χ1v) is 7.93. The van der Waals surface area contributed by atoms with Crippen LogP contribution in [-0.4, -0.2) is 29.1 Å². The highest BCUT2D eigenvalue weighted by Crippen LogP contribution is 2.42. The minimum absolute atomic E-state index is 0.275. The summed E-state index contributed by atoms with van der Waals surface area (Å²) in [7, 11) is 0. The molecular formula is C17H22N4. The van der Waals surface area contributed by atoms with Crippen LogP contribution in [0.5, 0.6) is 0 Å². The molecule has 4 rings (SSSR count). The molecule has 4 nitrogen and oxygen atoms in total. The molecule has 110 valence electrons. The lowest BCUT2D eigenvalue weighted by Crippen LogP contribution is -2.47. The second-order valence-corrected chi connectivity index (χ2v) is 6.65. The maximum absolute atomic E-state index is 6.31. The van der Waals surface area contributed by atoms with Crippen molar-refractivity contribution >= 4 is 16.7 Å². The maximum Gasteiger partial charge on any atom is 0.112 e. The van der Waals surface area contributed by atoms with Crippen LogP contribution in [0.2, 0.25) is 0 Å². The van der Waals surface area contributed by atoms with Crippen LogP contribution in [0.1, 0.15) is 24.8 Å². The highest BCUT2D eigenvalue weighted by atomic mass is 15.2. The number of nitrogens with zero attached hydrogens (tertiary/aromatic N) is 3. The van der Waals surface area contributed by atoms with Gasteiger partial charge in [-0.15, -0.1) is 0 Å². The third-order valence-corrected chi connectivity index (χ3v) is 4.95. The summed E-state index contributed by atoms with van der Waals surface area (Å²) in [4.78, 5) is 11.5. The quantitative estimate of drug-likeness (QED) is 0.919. The fourth-order valence-electron chi connectivity index (χ4n) is 3.72. The Kier molecular flexibility index (Phi) is 3.07. The van der Waals surface area contributed by atoms with Crippen LogP contribution < -0.4 is 10.6 Å². The first-order chi connectivity index (χ1) is 10.2. The van der Waals surface area contributed by atoms with Crippen LogP contribution >= 0.6 is 0 Å². The van der Waals surface area contributed by atoms with Gasteiger partial charge < -0.3 is 10.6 Å². The Morgan fingerprint density at radius 2 is 1.81 bits per heavy atom. The molecule has 21 heavy (non-hydrogen) atoms. The van der Waals surface area contributed by atoms with E-state index in [1.54, 1.807) is 12.4 Å². The van der Waals surface area contributed by atoms with Gasteiger partial charge in [0.1, 0.15) is 5.52 Å². The lowest BCUT2D eigenvalue weighted by Gasteiger charge is -2.38. The molecular weight excluding hydrogens is 260 g/mol. The second kappa shape index (κ2) is 4.95. The molecule has 2 unspecified atom stereocenters. The fraction of sp³-hybridized carbons (Fsp3) is 0.529. The summed E-state index contributed by atoms with van der Waals surface area (Å²) in [6.45, 7) is 4.14. The van der Waals surface area contributed by atoms with Crippen molar-refractivity contribution in [3.05, 3.63) is 30.1 Å². The molecule has 0 bridgehead atoms. The smallest absolute Gasteiger partial charge is 0.112 e. The highest BCUT2D eigenvalue weighted by molar-refractivity contribution is 5.90. The minimum Gasteiger partial charge on any atom is -0.368 e. The number of benzene rings is 1. The van der Waals surface area contributed by atoms with Gasteiger partial charge in [-0.1, -0.05) is 6.07 Å². The predicted octanol–water partition coefficient (Wildman–Crippen LogP) is 2.50. The number of nitrogens with two attached hydrogens (primary N) is 1. The Morgan fingerprint density at radius 3 is 2.57 bits per heavy atom. The van der Waals surface area contributed by atoms with E-state index >= 15 is 0 Å². The lowest BCUT2D eigenvalue weighted by molar-refractivity contribution is 0.342. The first kappa shape index (κ1) is 13.0. The zero-order chi connectivity index (χ0) is 14.4. The normalized spacial score (nSPS) is 26.3. The zero-order valence-corrected chi connectivity index (χ0v) is 12.5. The topological polar surface area (TPSA) is 55.0 Å². The van der Waals surface area contributed by atoms with E-state index in [4.69, 9.17) is 5.73 Å². The Balaban J connectivity index is 1.73. The molecule has 1 aliphatic heterocycles. The molecule has 1 aromatic heterocycles. The fourth-order valence-corrected chi connectivity index (χ4v) is 3.72. The molecule has 0 amide bonds. The molecule has 2 fully saturated rings. The number of aryl methyl sites for hydroxylation is 1. The van der Waals surface area contributed by atoms with Crippen LogP contribution in [-0.2, 0) is 0 Å². The average Bonchev–Trinajstić information content (AvgIpc) is 3.32. The first-order valence-electron chi connectivity index (χ1n) is 7.93.